The number of hydrogen-bond acceptors (Lipinski definition) is 5. The number of fused-ring (bicyclic) bond motifs is 3. The predicted octanol–water partition coefficient (Wildman–Crippen LogP) is 5.70. The Balaban J connectivity index is 1.60. The Kier molecular flexibility index (Phi) is 7.01. The number of aryl methyl sites for hydroxylation is 4. The van der Waals surface area contributed by atoms with Crippen LogP contribution in [-0.4, -0.2) is 31.5 Å². The van der Waals surface area contributed by atoms with Crippen LogP contribution in [0, 0.1) is 13.8 Å². The van der Waals surface area contributed by atoms with Crippen molar-refractivity contribution < 1.29 is 27.9 Å². The maximum Gasteiger partial charge on any atom is 0.398 e. The number of nitrogens with zero attached hydrogens (tertiary/aromatic N) is 2. The van der Waals surface area contributed by atoms with Gasteiger partial charge in [0.15, 0.2) is 11.9 Å². The van der Waals surface area contributed by atoms with Crippen molar-refractivity contribution in [2.24, 2.45) is 0 Å². The molecule has 0 saturated heterocycles. The van der Waals surface area contributed by atoms with Crippen LogP contribution in [0.1, 0.15) is 35.6 Å². The first-order valence-corrected chi connectivity index (χ1v) is 13.2. The largest absolute Gasteiger partial charge is 0.483 e. The molecule has 1 atom stereocenters. The molecule has 2 aromatic carbocycles. The maximum atomic E-state index is 14.2. The van der Waals surface area contributed by atoms with Gasteiger partial charge in [-0.2, -0.15) is 8.78 Å². The number of ether oxygens (including phenoxy) is 1. The minimum Gasteiger partial charge on any atom is -0.483 e. The highest BCUT2D eigenvalue weighted by atomic mass is 31.2. The van der Waals surface area contributed by atoms with Crippen LogP contribution in [0.3, 0.4) is 0 Å². The van der Waals surface area contributed by atoms with E-state index in [-0.39, 0.29) is 12.2 Å². The number of alkyl halides is 2. The Labute approximate surface area is 207 Å². The first-order valence-electron chi connectivity index (χ1n) is 11.6. The lowest BCUT2D eigenvalue weighted by Crippen LogP contribution is -2.37. The number of benzene rings is 2. The highest BCUT2D eigenvalue weighted by Gasteiger charge is 2.56. The molecular weight excluding hydrogens is 487 g/mol. The monoisotopic (exact) mass is 515 g/mol. The highest BCUT2D eigenvalue weighted by Crippen LogP contribution is 2.56. The Hall–Kier alpha value is -3.13. The van der Waals surface area contributed by atoms with Crippen molar-refractivity contribution in [2.75, 3.05) is 5.73 Å². The molecule has 0 fully saturated rings. The lowest BCUT2D eigenvalue weighted by atomic mass is 9.96. The molecule has 2 heterocycles. The van der Waals surface area contributed by atoms with Crippen LogP contribution in [0.15, 0.2) is 48.7 Å². The summed E-state index contributed by atoms with van der Waals surface area (Å²) in [5.74, 6) is 0.506. The number of nitrogen functional groups attached to an aromatic ring is 1. The molecule has 0 spiro atoms. The summed E-state index contributed by atoms with van der Waals surface area (Å²) in [7, 11) is -5.67. The fraction of sp³-hybridized carbons (Fsp3) is 0.308. The van der Waals surface area contributed by atoms with Gasteiger partial charge in [-0.05, 0) is 79.6 Å². The zero-order chi connectivity index (χ0) is 26.3. The van der Waals surface area contributed by atoms with Crippen molar-refractivity contribution in [3.8, 4) is 5.75 Å². The van der Waals surface area contributed by atoms with Crippen LogP contribution in [0.5, 0.6) is 5.75 Å². The Bertz CT molecular complexity index is 1490. The molecule has 7 nitrogen and oxygen atoms in total. The second kappa shape index (κ2) is 9.73. The van der Waals surface area contributed by atoms with Crippen molar-refractivity contribution in [1.29, 1.82) is 0 Å². The van der Waals surface area contributed by atoms with Gasteiger partial charge in [-0.25, -0.2) is 4.98 Å². The number of hydrogen-bond donors (Lipinski definition) is 3. The van der Waals surface area contributed by atoms with E-state index in [2.05, 4.69) is 9.97 Å². The molecule has 4 N–H and O–H groups in total. The van der Waals surface area contributed by atoms with Gasteiger partial charge < -0.3 is 20.3 Å². The summed E-state index contributed by atoms with van der Waals surface area (Å²) in [6, 6.07) is 12.9. The van der Waals surface area contributed by atoms with Crippen LogP contribution in [0.25, 0.3) is 21.8 Å². The molecule has 0 aliphatic carbocycles. The molecule has 4 aromatic rings. The van der Waals surface area contributed by atoms with E-state index >= 15 is 0 Å². The van der Waals surface area contributed by atoms with E-state index in [0.29, 0.717) is 24.2 Å². The molecule has 0 amide bonds. The number of halogens is 2. The maximum absolute atomic E-state index is 14.2. The average molecular weight is 515 g/mol. The molecule has 10 heteroatoms. The predicted molar refractivity (Wildman–Crippen MR) is 136 cm³/mol. The van der Waals surface area contributed by atoms with E-state index in [1.807, 2.05) is 38.1 Å². The molecule has 0 aliphatic rings. The molecule has 0 saturated carbocycles. The van der Waals surface area contributed by atoms with Crippen LogP contribution in [0.4, 0.5) is 14.6 Å². The van der Waals surface area contributed by atoms with E-state index in [1.165, 1.54) is 6.92 Å². The van der Waals surface area contributed by atoms with Gasteiger partial charge in [0, 0.05) is 17.0 Å². The highest BCUT2D eigenvalue weighted by molar-refractivity contribution is 7.53. The second-order valence-corrected chi connectivity index (χ2v) is 10.6. The summed E-state index contributed by atoms with van der Waals surface area (Å²) in [5, 5.41) is 1.94. The van der Waals surface area contributed by atoms with E-state index in [1.54, 1.807) is 24.4 Å². The zero-order valence-corrected chi connectivity index (χ0v) is 21.1. The molecule has 1 unspecified atom stereocenters. The van der Waals surface area contributed by atoms with E-state index in [0.717, 1.165) is 38.5 Å². The first kappa shape index (κ1) is 25.9. The van der Waals surface area contributed by atoms with Gasteiger partial charge >= 0.3 is 13.3 Å². The average Bonchev–Trinajstić information content (AvgIpc) is 2.81. The van der Waals surface area contributed by atoms with Crippen molar-refractivity contribution in [1.82, 2.24) is 9.97 Å². The number of aromatic nitrogens is 2. The van der Waals surface area contributed by atoms with Gasteiger partial charge in [0.1, 0.15) is 11.3 Å². The fourth-order valence-electron chi connectivity index (χ4n) is 4.38. The smallest absolute Gasteiger partial charge is 0.398 e. The molecule has 0 aliphatic heterocycles. The molecule has 0 radical (unpaired) electrons. The third-order valence-electron chi connectivity index (χ3n) is 6.35. The number of anilines is 1. The summed E-state index contributed by atoms with van der Waals surface area (Å²) in [6.07, 6.45) is 0.852. The lowest BCUT2D eigenvalue weighted by molar-refractivity contribution is -0.0467. The Morgan fingerprint density at radius 3 is 2.47 bits per heavy atom. The standard InChI is InChI=1S/C26H28F2N3O4P/c1-4-22(26(27,28)36(32,33)34)35-19-9-8-17(16(3)14-19)6-7-18-11-12-30-24-23(18)20-10-5-15(2)13-21(20)31-25(24)29/h5,8-14,22H,4,6-7H2,1-3H3,(H2,29,31)(H2,32,33,34). The third kappa shape index (κ3) is 4.91. The van der Waals surface area contributed by atoms with Crippen LogP contribution in [-0.2, 0) is 17.4 Å². The molecular formula is C26H28F2N3O4P. The molecule has 0 bridgehead atoms. The second-order valence-electron chi connectivity index (χ2n) is 8.95. The lowest BCUT2D eigenvalue weighted by Gasteiger charge is -2.27. The summed E-state index contributed by atoms with van der Waals surface area (Å²) >= 11 is 0. The van der Waals surface area contributed by atoms with E-state index < -0.39 is 19.4 Å². The summed E-state index contributed by atoms with van der Waals surface area (Å²) < 4.78 is 44.9. The summed E-state index contributed by atoms with van der Waals surface area (Å²) in [5.41, 5.74) is 7.35. The van der Waals surface area contributed by atoms with Crippen molar-refractivity contribution in [3.05, 3.63) is 70.9 Å². The van der Waals surface area contributed by atoms with Crippen LogP contribution in [0.2, 0.25) is 0 Å². The van der Waals surface area contributed by atoms with Gasteiger partial charge in [0.2, 0.25) is 0 Å². The number of pyridine rings is 2. The SMILES string of the molecule is CCC(Oc1ccc(CCc2ccnc3c(N)nc4cc(C)ccc4c23)c(C)c1)C(F)(F)P(=O)(O)O. The van der Waals surface area contributed by atoms with Gasteiger partial charge in [0.05, 0.1) is 5.52 Å². The number of rotatable bonds is 8. The normalized spacial score (nSPS) is 13.3. The molecule has 2 aromatic heterocycles. The fourth-order valence-corrected chi connectivity index (χ4v) is 4.99. The van der Waals surface area contributed by atoms with Crippen molar-refractivity contribution >= 4 is 35.2 Å². The van der Waals surface area contributed by atoms with Gasteiger partial charge in [-0.1, -0.05) is 25.1 Å². The van der Waals surface area contributed by atoms with Gasteiger partial charge in [0.25, 0.3) is 0 Å². The van der Waals surface area contributed by atoms with Gasteiger partial charge in [-0.15, -0.1) is 0 Å². The topological polar surface area (TPSA) is 119 Å². The number of nitrogens with two attached hydrogens (primary N) is 1. The van der Waals surface area contributed by atoms with Gasteiger partial charge in [-0.3, -0.25) is 9.55 Å². The Morgan fingerprint density at radius 2 is 1.81 bits per heavy atom. The zero-order valence-electron chi connectivity index (χ0n) is 20.2. The minimum absolute atomic E-state index is 0.130. The van der Waals surface area contributed by atoms with Crippen molar-refractivity contribution in [3.63, 3.8) is 0 Å². The van der Waals surface area contributed by atoms with E-state index in [9.17, 15) is 13.3 Å². The molecule has 4 rings (SSSR count). The molecule has 36 heavy (non-hydrogen) atoms. The van der Waals surface area contributed by atoms with E-state index in [4.69, 9.17) is 20.3 Å². The molecule has 190 valence electrons. The van der Waals surface area contributed by atoms with Crippen LogP contribution >= 0.6 is 7.60 Å². The van der Waals surface area contributed by atoms with Crippen LogP contribution < -0.4 is 10.5 Å². The first-order chi connectivity index (χ1) is 16.9. The quantitative estimate of drug-likeness (QED) is 0.204. The summed E-state index contributed by atoms with van der Waals surface area (Å²) in [6.45, 7) is 5.23. The Morgan fingerprint density at radius 1 is 1.08 bits per heavy atom. The summed E-state index contributed by atoms with van der Waals surface area (Å²) in [4.78, 5) is 27.0. The minimum atomic E-state index is -5.67. The van der Waals surface area contributed by atoms with Crippen molar-refractivity contribution in [2.45, 2.75) is 51.8 Å². The third-order valence-corrected chi connectivity index (χ3v) is 7.41.